The number of anilines is 1. The van der Waals surface area contributed by atoms with E-state index in [1.54, 1.807) is 23.0 Å². The molecule has 2 aromatic heterocycles. The number of nitrogens with one attached hydrogen (secondary N) is 2. The van der Waals surface area contributed by atoms with Gasteiger partial charge in [0.05, 0.1) is 23.4 Å². The lowest BCUT2D eigenvalue weighted by Gasteiger charge is -2.07. The van der Waals surface area contributed by atoms with Gasteiger partial charge in [0.25, 0.3) is 5.56 Å². The summed E-state index contributed by atoms with van der Waals surface area (Å²) < 4.78 is 6.21. The number of rotatable bonds is 8. The zero-order valence-corrected chi connectivity index (χ0v) is 16.7. The topological polar surface area (TPSA) is 102 Å². The summed E-state index contributed by atoms with van der Waals surface area (Å²) in [4.78, 5) is 30.7. The van der Waals surface area contributed by atoms with Crippen molar-refractivity contribution in [1.82, 2.24) is 19.7 Å². The van der Waals surface area contributed by atoms with E-state index < -0.39 is 0 Å². The molecule has 0 aliphatic carbocycles. The quantitative estimate of drug-likeness (QED) is 0.425. The Labute approximate surface area is 170 Å². The number of esters is 1. The van der Waals surface area contributed by atoms with Crippen molar-refractivity contribution in [3.8, 4) is 0 Å². The predicted octanol–water partition coefficient (Wildman–Crippen LogP) is 3.38. The molecule has 3 rings (SSSR count). The van der Waals surface area contributed by atoms with E-state index in [9.17, 15) is 9.59 Å². The number of carbonyl (C=O) groups is 1. The van der Waals surface area contributed by atoms with Crippen molar-refractivity contribution in [3.63, 3.8) is 0 Å². The van der Waals surface area contributed by atoms with Gasteiger partial charge >= 0.3 is 5.97 Å². The number of H-pyrrole nitrogens is 1. The molecule has 0 fully saturated rings. The van der Waals surface area contributed by atoms with Crippen molar-refractivity contribution < 1.29 is 9.53 Å². The van der Waals surface area contributed by atoms with E-state index in [-0.39, 0.29) is 11.5 Å². The van der Waals surface area contributed by atoms with Crippen LogP contribution in [0.5, 0.6) is 0 Å². The number of nitrogens with zero attached hydrogens (tertiary/aromatic N) is 3. The Morgan fingerprint density at radius 1 is 1.29 bits per heavy atom. The third kappa shape index (κ3) is 4.82. The highest BCUT2D eigenvalue weighted by Crippen LogP contribution is 2.22. The first-order chi connectivity index (χ1) is 13.5. The van der Waals surface area contributed by atoms with E-state index in [1.807, 2.05) is 6.07 Å². The van der Waals surface area contributed by atoms with E-state index in [0.717, 1.165) is 5.56 Å². The largest absolute Gasteiger partial charge is 0.469 e. The van der Waals surface area contributed by atoms with Crippen LogP contribution in [-0.4, -0.2) is 32.8 Å². The van der Waals surface area contributed by atoms with Gasteiger partial charge in [-0.2, -0.15) is 5.10 Å². The summed E-state index contributed by atoms with van der Waals surface area (Å²) in [6.45, 7) is 0.939. The van der Waals surface area contributed by atoms with Crippen LogP contribution in [0.2, 0.25) is 10.0 Å². The number of ether oxygens (including phenoxy) is 1. The lowest BCUT2D eigenvalue weighted by Crippen LogP contribution is -2.16. The molecule has 0 atom stereocenters. The summed E-state index contributed by atoms with van der Waals surface area (Å²) in [5.74, 6) is 0.0938. The maximum Gasteiger partial charge on any atom is 0.305 e. The second kappa shape index (κ2) is 9.07. The van der Waals surface area contributed by atoms with E-state index in [4.69, 9.17) is 23.2 Å². The minimum absolute atomic E-state index is 0.248. The monoisotopic (exact) mass is 423 g/mol. The van der Waals surface area contributed by atoms with Gasteiger partial charge in [0, 0.05) is 19.5 Å². The average molecular weight is 424 g/mol. The molecule has 8 nitrogen and oxygen atoms in total. The van der Waals surface area contributed by atoms with Gasteiger partial charge in [-0.05, 0) is 30.5 Å². The van der Waals surface area contributed by atoms with Crippen LogP contribution in [0.4, 0.5) is 5.95 Å². The SMILES string of the molecule is COC(=O)CCCCn1ncc2nc(NCc3ccc(Cl)c(Cl)c3)[nH]c(=O)c21. The average Bonchev–Trinajstić information content (AvgIpc) is 3.09. The normalized spacial score (nSPS) is 11.0. The first-order valence-corrected chi connectivity index (χ1v) is 9.44. The Morgan fingerprint density at radius 2 is 2.11 bits per heavy atom. The fourth-order valence-corrected chi connectivity index (χ4v) is 3.05. The third-order valence-corrected chi connectivity index (χ3v) is 4.91. The molecule has 10 heteroatoms. The number of carbonyl (C=O) groups excluding carboxylic acids is 1. The first-order valence-electron chi connectivity index (χ1n) is 8.68. The van der Waals surface area contributed by atoms with Crippen molar-refractivity contribution in [3.05, 3.63) is 50.4 Å². The lowest BCUT2D eigenvalue weighted by atomic mass is 10.2. The number of aryl methyl sites for hydroxylation is 1. The summed E-state index contributed by atoms with van der Waals surface area (Å²) in [5.41, 5.74) is 1.51. The van der Waals surface area contributed by atoms with E-state index in [0.29, 0.717) is 59.4 Å². The second-order valence-corrected chi connectivity index (χ2v) is 6.97. The minimum atomic E-state index is -0.285. The Morgan fingerprint density at radius 3 is 2.86 bits per heavy atom. The predicted molar refractivity (Wildman–Crippen MR) is 108 cm³/mol. The van der Waals surface area contributed by atoms with Gasteiger partial charge in [-0.1, -0.05) is 29.3 Å². The highest BCUT2D eigenvalue weighted by atomic mass is 35.5. The zero-order chi connectivity index (χ0) is 20.1. The van der Waals surface area contributed by atoms with Gasteiger partial charge in [-0.15, -0.1) is 0 Å². The molecule has 0 unspecified atom stereocenters. The summed E-state index contributed by atoms with van der Waals surface area (Å²) >= 11 is 11.9. The molecule has 0 aliphatic heterocycles. The van der Waals surface area contributed by atoms with Crippen molar-refractivity contribution in [2.45, 2.75) is 32.4 Å². The molecule has 2 N–H and O–H groups in total. The molecule has 0 bridgehead atoms. The van der Waals surface area contributed by atoms with Gasteiger partial charge in [0.15, 0.2) is 5.52 Å². The third-order valence-electron chi connectivity index (χ3n) is 4.17. The van der Waals surface area contributed by atoms with Crippen LogP contribution in [0.15, 0.2) is 29.2 Å². The van der Waals surface area contributed by atoms with Crippen molar-refractivity contribution in [2.75, 3.05) is 12.4 Å². The lowest BCUT2D eigenvalue weighted by molar-refractivity contribution is -0.140. The Hall–Kier alpha value is -2.58. The summed E-state index contributed by atoms with van der Waals surface area (Å²) in [6, 6.07) is 5.30. The van der Waals surface area contributed by atoms with Crippen LogP contribution < -0.4 is 10.9 Å². The molecule has 0 aliphatic rings. The molecule has 0 radical (unpaired) electrons. The summed E-state index contributed by atoms with van der Waals surface area (Å²) in [5, 5.41) is 8.24. The molecule has 1 aromatic carbocycles. The number of methoxy groups -OCH3 is 1. The number of hydrogen-bond donors (Lipinski definition) is 2. The fourth-order valence-electron chi connectivity index (χ4n) is 2.73. The van der Waals surface area contributed by atoms with Gasteiger partial charge in [0.2, 0.25) is 5.95 Å². The molecule has 0 amide bonds. The number of aromatic nitrogens is 4. The van der Waals surface area contributed by atoms with E-state index in [1.165, 1.54) is 7.11 Å². The molecule has 28 heavy (non-hydrogen) atoms. The maximum atomic E-state index is 12.5. The number of benzene rings is 1. The fraction of sp³-hybridized carbons (Fsp3) is 0.333. The minimum Gasteiger partial charge on any atom is -0.469 e. The number of unbranched alkanes of at least 4 members (excludes halogenated alkanes) is 1. The number of hydrogen-bond acceptors (Lipinski definition) is 6. The van der Waals surface area contributed by atoms with Crippen LogP contribution in [-0.2, 0) is 22.6 Å². The summed E-state index contributed by atoms with van der Waals surface area (Å²) in [7, 11) is 1.36. The smallest absolute Gasteiger partial charge is 0.305 e. The maximum absolute atomic E-state index is 12.5. The molecular formula is C18H19Cl2N5O3. The van der Waals surface area contributed by atoms with Crippen LogP contribution in [0.3, 0.4) is 0 Å². The van der Waals surface area contributed by atoms with Gasteiger partial charge in [0.1, 0.15) is 5.52 Å². The van der Waals surface area contributed by atoms with Crippen molar-refractivity contribution >= 4 is 46.2 Å². The van der Waals surface area contributed by atoms with Crippen molar-refractivity contribution in [1.29, 1.82) is 0 Å². The van der Waals surface area contributed by atoms with Crippen LogP contribution in [0.25, 0.3) is 11.0 Å². The van der Waals surface area contributed by atoms with Crippen LogP contribution >= 0.6 is 23.2 Å². The van der Waals surface area contributed by atoms with Gasteiger partial charge in [-0.3, -0.25) is 19.3 Å². The molecule has 148 valence electrons. The standard InChI is InChI=1S/C18H19Cl2N5O3/c1-28-15(26)4-2-3-7-25-16-14(10-22-25)23-18(24-17(16)27)21-9-11-5-6-12(19)13(20)8-11/h5-6,8,10H,2-4,7,9H2,1H3,(H2,21,23,24,27). The molecule has 0 spiro atoms. The Kier molecular flexibility index (Phi) is 6.53. The molecular weight excluding hydrogens is 405 g/mol. The van der Waals surface area contributed by atoms with E-state index in [2.05, 4.69) is 25.1 Å². The number of fused-ring (bicyclic) bond motifs is 1. The Balaban J connectivity index is 1.67. The second-order valence-electron chi connectivity index (χ2n) is 6.15. The van der Waals surface area contributed by atoms with Gasteiger partial charge in [-0.25, -0.2) is 4.98 Å². The molecule has 2 heterocycles. The van der Waals surface area contributed by atoms with Crippen molar-refractivity contribution in [2.24, 2.45) is 0 Å². The number of aromatic amines is 1. The number of halogens is 2. The molecule has 0 saturated heterocycles. The Bertz CT molecular complexity index is 1050. The van der Waals surface area contributed by atoms with E-state index >= 15 is 0 Å². The van der Waals surface area contributed by atoms with Crippen LogP contribution in [0.1, 0.15) is 24.8 Å². The zero-order valence-electron chi connectivity index (χ0n) is 15.2. The molecule has 3 aromatic rings. The first kappa shape index (κ1) is 20.2. The molecule has 0 saturated carbocycles. The summed E-state index contributed by atoms with van der Waals surface area (Å²) in [6.07, 6.45) is 3.24. The van der Waals surface area contributed by atoms with Gasteiger partial charge < -0.3 is 10.1 Å². The van der Waals surface area contributed by atoms with Crippen LogP contribution in [0, 0.1) is 0 Å². The highest BCUT2D eigenvalue weighted by Gasteiger charge is 2.11. The highest BCUT2D eigenvalue weighted by molar-refractivity contribution is 6.42.